The molecule has 27 heavy (non-hydrogen) atoms. The Morgan fingerprint density at radius 2 is 1.26 bits per heavy atom. The van der Waals surface area contributed by atoms with Crippen molar-refractivity contribution in [2.45, 2.75) is 0 Å². The first kappa shape index (κ1) is 17.5. The third-order valence-corrected chi connectivity index (χ3v) is 5.02. The molecule has 0 unspecified atom stereocenters. The molecule has 0 spiro atoms. The fourth-order valence-corrected chi connectivity index (χ4v) is 3.48. The standard InChI is InChI=1S/C21H11Cl2NO3/c22-16-8-4-3-7-13(16)21(27)24-18-10-15-14(9-17(18)23)19(25)11-5-1-2-6-12(11)20(15)26/h1-10H,(H,24,27). The summed E-state index contributed by atoms with van der Waals surface area (Å²) in [5.41, 5.74) is 1.62. The maximum absolute atomic E-state index is 12.8. The lowest BCUT2D eigenvalue weighted by Gasteiger charge is -2.19. The third kappa shape index (κ3) is 2.93. The first-order valence-corrected chi connectivity index (χ1v) is 8.81. The highest BCUT2D eigenvalue weighted by Gasteiger charge is 2.30. The van der Waals surface area contributed by atoms with Crippen LogP contribution in [0.3, 0.4) is 0 Å². The van der Waals surface area contributed by atoms with Gasteiger partial charge in [-0.2, -0.15) is 0 Å². The summed E-state index contributed by atoms with van der Waals surface area (Å²) in [6, 6.07) is 16.0. The second-order valence-electron chi connectivity index (χ2n) is 6.02. The number of amides is 1. The molecule has 3 aromatic carbocycles. The van der Waals surface area contributed by atoms with Crippen molar-refractivity contribution in [3.05, 3.63) is 98.5 Å². The molecule has 0 saturated heterocycles. The van der Waals surface area contributed by atoms with E-state index < -0.39 is 5.91 Å². The monoisotopic (exact) mass is 395 g/mol. The van der Waals surface area contributed by atoms with Crippen molar-refractivity contribution in [1.82, 2.24) is 0 Å². The van der Waals surface area contributed by atoms with Gasteiger partial charge < -0.3 is 5.32 Å². The molecule has 3 aromatic rings. The predicted molar refractivity (Wildman–Crippen MR) is 104 cm³/mol. The van der Waals surface area contributed by atoms with Crippen molar-refractivity contribution in [3.63, 3.8) is 0 Å². The molecule has 0 fully saturated rings. The zero-order chi connectivity index (χ0) is 19.1. The Kier molecular flexibility index (Phi) is 4.30. The van der Waals surface area contributed by atoms with E-state index in [4.69, 9.17) is 23.2 Å². The van der Waals surface area contributed by atoms with Crippen LogP contribution >= 0.6 is 23.2 Å². The predicted octanol–water partition coefficient (Wildman–Crippen LogP) is 5.02. The van der Waals surface area contributed by atoms with Crippen molar-refractivity contribution in [2.24, 2.45) is 0 Å². The van der Waals surface area contributed by atoms with Crippen LogP contribution in [-0.4, -0.2) is 17.5 Å². The molecular formula is C21H11Cl2NO3. The van der Waals surface area contributed by atoms with Crippen LogP contribution in [0.5, 0.6) is 0 Å². The van der Waals surface area contributed by atoms with Gasteiger partial charge in [-0.3, -0.25) is 14.4 Å². The molecule has 1 amide bonds. The first-order chi connectivity index (χ1) is 13.0. The number of carbonyl (C=O) groups excluding carboxylic acids is 3. The van der Waals surface area contributed by atoms with Crippen molar-refractivity contribution in [1.29, 1.82) is 0 Å². The number of rotatable bonds is 2. The van der Waals surface area contributed by atoms with Gasteiger partial charge in [-0.05, 0) is 24.3 Å². The van der Waals surface area contributed by atoms with E-state index in [-0.39, 0.29) is 39.0 Å². The molecule has 4 rings (SSSR count). The zero-order valence-corrected chi connectivity index (χ0v) is 15.3. The highest BCUT2D eigenvalue weighted by Crippen LogP contribution is 2.34. The molecule has 0 aromatic heterocycles. The van der Waals surface area contributed by atoms with Gasteiger partial charge in [0.2, 0.25) is 0 Å². The lowest BCUT2D eigenvalue weighted by molar-refractivity contribution is 0.0979. The smallest absolute Gasteiger partial charge is 0.257 e. The number of ketones is 2. The fraction of sp³-hybridized carbons (Fsp3) is 0. The molecule has 6 heteroatoms. The average Bonchev–Trinajstić information content (AvgIpc) is 2.67. The number of hydrogen-bond acceptors (Lipinski definition) is 3. The number of carbonyl (C=O) groups is 3. The molecule has 0 saturated carbocycles. The highest BCUT2D eigenvalue weighted by atomic mass is 35.5. The first-order valence-electron chi connectivity index (χ1n) is 8.05. The van der Waals surface area contributed by atoms with Gasteiger partial charge in [-0.15, -0.1) is 0 Å². The normalized spacial score (nSPS) is 12.4. The summed E-state index contributed by atoms with van der Waals surface area (Å²) < 4.78 is 0. The zero-order valence-electron chi connectivity index (χ0n) is 13.8. The number of anilines is 1. The van der Waals surface area contributed by atoms with Crippen molar-refractivity contribution in [2.75, 3.05) is 5.32 Å². The Morgan fingerprint density at radius 1 is 0.704 bits per heavy atom. The third-order valence-electron chi connectivity index (χ3n) is 4.38. The Morgan fingerprint density at radius 3 is 1.89 bits per heavy atom. The highest BCUT2D eigenvalue weighted by molar-refractivity contribution is 6.37. The van der Waals surface area contributed by atoms with Gasteiger partial charge >= 0.3 is 0 Å². The minimum Gasteiger partial charge on any atom is -0.321 e. The summed E-state index contributed by atoms with van der Waals surface area (Å²) in [6.45, 7) is 0. The number of hydrogen-bond donors (Lipinski definition) is 1. The Hall–Kier alpha value is -2.95. The Balaban J connectivity index is 1.76. The van der Waals surface area contributed by atoms with Crippen LogP contribution in [0.4, 0.5) is 5.69 Å². The largest absolute Gasteiger partial charge is 0.321 e. The summed E-state index contributed by atoms with van der Waals surface area (Å²) in [4.78, 5) is 38.0. The van der Waals surface area contributed by atoms with Crippen LogP contribution in [-0.2, 0) is 0 Å². The van der Waals surface area contributed by atoms with E-state index in [1.165, 1.54) is 12.1 Å². The lowest BCUT2D eigenvalue weighted by Crippen LogP contribution is -2.22. The minimum absolute atomic E-state index is 0.162. The molecule has 0 aliphatic heterocycles. The van der Waals surface area contributed by atoms with Crippen LogP contribution in [0.15, 0.2) is 60.7 Å². The molecule has 0 heterocycles. The van der Waals surface area contributed by atoms with Gasteiger partial charge in [0.15, 0.2) is 11.6 Å². The van der Waals surface area contributed by atoms with Crippen LogP contribution in [0.1, 0.15) is 42.2 Å². The second kappa shape index (κ2) is 6.65. The van der Waals surface area contributed by atoms with E-state index in [2.05, 4.69) is 5.32 Å². The molecular weight excluding hydrogens is 385 g/mol. The van der Waals surface area contributed by atoms with Gasteiger partial charge in [0, 0.05) is 22.3 Å². The van der Waals surface area contributed by atoms with Gasteiger partial charge in [0.05, 0.1) is 21.3 Å². The van der Waals surface area contributed by atoms with E-state index in [0.29, 0.717) is 16.1 Å². The second-order valence-corrected chi connectivity index (χ2v) is 6.83. The maximum atomic E-state index is 12.8. The van der Waals surface area contributed by atoms with Crippen LogP contribution < -0.4 is 5.32 Å². The van der Waals surface area contributed by atoms with Crippen LogP contribution in [0.2, 0.25) is 10.0 Å². The molecule has 0 bridgehead atoms. The van der Waals surface area contributed by atoms with Crippen molar-refractivity contribution < 1.29 is 14.4 Å². The van der Waals surface area contributed by atoms with E-state index >= 15 is 0 Å². The molecule has 0 radical (unpaired) electrons. The van der Waals surface area contributed by atoms with E-state index in [0.717, 1.165) is 0 Å². The van der Waals surface area contributed by atoms with Crippen molar-refractivity contribution in [3.8, 4) is 0 Å². The summed E-state index contributed by atoms with van der Waals surface area (Å²) >= 11 is 12.3. The number of benzene rings is 3. The van der Waals surface area contributed by atoms with Gasteiger partial charge in [-0.1, -0.05) is 59.6 Å². The van der Waals surface area contributed by atoms with E-state index in [1.807, 2.05) is 0 Å². The fourth-order valence-electron chi connectivity index (χ4n) is 3.05. The molecule has 1 N–H and O–H groups in total. The average molecular weight is 396 g/mol. The summed E-state index contributed by atoms with van der Waals surface area (Å²) in [6.07, 6.45) is 0. The number of halogens is 2. The molecule has 132 valence electrons. The van der Waals surface area contributed by atoms with Crippen LogP contribution in [0.25, 0.3) is 0 Å². The molecule has 1 aliphatic rings. The SMILES string of the molecule is O=C(Nc1cc2c(cc1Cl)C(=O)c1ccccc1C2=O)c1ccccc1Cl. The summed E-state index contributed by atoms with van der Waals surface area (Å²) in [7, 11) is 0. The van der Waals surface area contributed by atoms with Crippen molar-refractivity contribution >= 4 is 46.4 Å². The number of fused-ring (bicyclic) bond motifs is 2. The molecule has 1 aliphatic carbocycles. The summed E-state index contributed by atoms with van der Waals surface area (Å²) in [5, 5.41) is 3.12. The topological polar surface area (TPSA) is 63.2 Å². The maximum Gasteiger partial charge on any atom is 0.257 e. The number of nitrogens with one attached hydrogen (secondary N) is 1. The van der Waals surface area contributed by atoms with E-state index in [1.54, 1.807) is 48.5 Å². The molecule has 4 nitrogen and oxygen atoms in total. The van der Waals surface area contributed by atoms with Gasteiger partial charge in [-0.25, -0.2) is 0 Å². The minimum atomic E-state index is -0.461. The molecule has 0 atom stereocenters. The Bertz CT molecular complexity index is 1140. The lowest BCUT2D eigenvalue weighted by atomic mass is 9.84. The van der Waals surface area contributed by atoms with Crippen LogP contribution in [0, 0.1) is 0 Å². The van der Waals surface area contributed by atoms with E-state index in [9.17, 15) is 14.4 Å². The quantitative estimate of drug-likeness (QED) is 0.518. The van der Waals surface area contributed by atoms with Gasteiger partial charge in [0.25, 0.3) is 5.91 Å². The summed E-state index contributed by atoms with van der Waals surface area (Å²) in [5.74, 6) is -1.02. The van der Waals surface area contributed by atoms with Gasteiger partial charge in [0.1, 0.15) is 0 Å². The Labute approximate surface area is 164 Å².